The highest BCUT2D eigenvalue weighted by Gasteiger charge is 2.12. The fraction of sp³-hybridized carbons (Fsp3) is 0.200. The molecule has 0 unspecified atom stereocenters. The fourth-order valence-corrected chi connectivity index (χ4v) is 2.08. The summed E-state index contributed by atoms with van der Waals surface area (Å²) in [5.41, 5.74) is 0.745. The number of carbonyl (C=O) groups is 1. The van der Waals surface area contributed by atoms with Crippen LogP contribution in [0.3, 0.4) is 0 Å². The van der Waals surface area contributed by atoms with Gasteiger partial charge in [0, 0.05) is 0 Å². The molecule has 0 saturated carbocycles. The molecule has 0 fully saturated rings. The van der Waals surface area contributed by atoms with Gasteiger partial charge in [0.1, 0.15) is 0 Å². The van der Waals surface area contributed by atoms with E-state index in [0.29, 0.717) is 11.1 Å². The van der Waals surface area contributed by atoms with Gasteiger partial charge in [0.05, 0.1) is 17.4 Å². The molecule has 8 heteroatoms. The zero-order chi connectivity index (χ0) is 13.6. The molecule has 0 heterocycles. The average Bonchev–Trinajstić information content (AvgIpc) is 2.27. The minimum atomic E-state index is -3.80. The molecule has 0 bridgehead atoms. The van der Waals surface area contributed by atoms with Gasteiger partial charge in [-0.3, -0.25) is 4.84 Å². The molecule has 0 aliphatic carbocycles. The van der Waals surface area contributed by atoms with E-state index in [1.807, 2.05) is 6.07 Å². The highest BCUT2D eigenvalue weighted by Crippen LogP contribution is 2.07. The largest absolute Gasteiger partial charge is 0.479 e. The Labute approximate surface area is 104 Å². The molecule has 0 amide bonds. The van der Waals surface area contributed by atoms with Crippen LogP contribution in [-0.2, 0) is 25.4 Å². The predicted molar refractivity (Wildman–Crippen MR) is 60.5 cm³/mol. The summed E-state index contributed by atoms with van der Waals surface area (Å²) in [4.78, 5) is 16.1. The van der Waals surface area contributed by atoms with Crippen LogP contribution in [0.5, 0.6) is 0 Å². The number of nitrogens with zero attached hydrogens (tertiary/aromatic N) is 1. The summed E-state index contributed by atoms with van der Waals surface area (Å²) < 4.78 is 22.9. The van der Waals surface area contributed by atoms with E-state index >= 15 is 0 Å². The van der Waals surface area contributed by atoms with Crippen molar-refractivity contribution in [2.75, 3.05) is 6.61 Å². The van der Waals surface area contributed by atoms with E-state index in [4.69, 9.17) is 10.4 Å². The lowest BCUT2D eigenvalue weighted by Crippen LogP contribution is -2.28. The van der Waals surface area contributed by atoms with Crippen LogP contribution in [-0.4, -0.2) is 26.1 Å². The standard InChI is InChI=1S/C10H10N2O5S/c11-5-8-2-1-3-9(4-8)7-18(15,16)12-17-6-10(13)14/h1-4,12H,6-7H2,(H,13,14). The van der Waals surface area contributed by atoms with Gasteiger partial charge in [-0.15, -0.1) is 0 Å². The third kappa shape index (κ3) is 4.92. The molecular weight excluding hydrogens is 260 g/mol. The van der Waals surface area contributed by atoms with Crippen LogP contribution in [0.1, 0.15) is 11.1 Å². The second-order valence-corrected chi connectivity index (χ2v) is 5.02. The summed E-state index contributed by atoms with van der Waals surface area (Å²) in [6.07, 6.45) is 0. The molecule has 1 rings (SSSR count). The molecule has 18 heavy (non-hydrogen) atoms. The molecule has 1 aromatic carbocycles. The maximum atomic E-state index is 11.5. The van der Waals surface area contributed by atoms with Crippen molar-refractivity contribution in [2.24, 2.45) is 0 Å². The number of sulfonamides is 1. The summed E-state index contributed by atoms with van der Waals surface area (Å²) in [5.74, 6) is -1.69. The van der Waals surface area contributed by atoms with Crippen molar-refractivity contribution in [1.29, 1.82) is 5.26 Å². The molecule has 1 aromatic rings. The van der Waals surface area contributed by atoms with Gasteiger partial charge in [0.25, 0.3) is 0 Å². The Kier molecular flexibility index (Phi) is 4.79. The van der Waals surface area contributed by atoms with Crippen molar-refractivity contribution in [3.8, 4) is 6.07 Å². The number of hydrogen-bond acceptors (Lipinski definition) is 5. The van der Waals surface area contributed by atoms with Gasteiger partial charge in [-0.25, -0.2) is 13.2 Å². The summed E-state index contributed by atoms with van der Waals surface area (Å²) in [5, 5.41) is 16.9. The molecule has 2 N–H and O–H groups in total. The van der Waals surface area contributed by atoms with Crippen LogP contribution in [0.15, 0.2) is 24.3 Å². The van der Waals surface area contributed by atoms with Gasteiger partial charge in [0.15, 0.2) is 6.61 Å². The first kappa shape index (κ1) is 14.1. The molecule has 0 atom stereocenters. The summed E-state index contributed by atoms with van der Waals surface area (Å²) >= 11 is 0. The van der Waals surface area contributed by atoms with E-state index in [2.05, 4.69) is 4.84 Å². The van der Waals surface area contributed by atoms with Gasteiger partial charge in [0.2, 0.25) is 10.0 Å². The quantitative estimate of drug-likeness (QED) is 0.702. The Balaban J connectivity index is 2.65. The van der Waals surface area contributed by atoms with Crippen molar-refractivity contribution in [2.45, 2.75) is 5.75 Å². The first-order valence-electron chi connectivity index (χ1n) is 4.75. The molecule has 0 saturated heterocycles. The lowest BCUT2D eigenvalue weighted by atomic mass is 10.2. The van der Waals surface area contributed by atoms with E-state index in [1.165, 1.54) is 12.1 Å². The first-order valence-corrected chi connectivity index (χ1v) is 6.40. The summed E-state index contributed by atoms with van der Waals surface area (Å²) in [6, 6.07) is 7.96. The Morgan fingerprint density at radius 1 is 1.50 bits per heavy atom. The third-order valence-corrected chi connectivity index (χ3v) is 2.88. The van der Waals surface area contributed by atoms with Crippen molar-refractivity contribution < 1.29 is 23.2 Å². The normalized spacial score (nSPS) is 10.8. The van der Waals surface area contributed by atoms with Gasteiger partial charge >= 0.3 is 5.97 Å². The van der Waals surface area contributed by atoms with E-state index in [9.17, 15) is 13.2 Å². The first-order chi connectivity index (χ1) is 8.43. The van der Waals surface area contributed by atoms with Gasteiger partial charge in [-0.1, -0.05) is 17.0 Å². The molecular formula is C10H10N2O5S. The Morgan fingerprint density at radius 3 is 2.83 bits per heavy atom. The van der Waals surface area contributed by atoms with Crippen molar-refractivity contribution >= 4 is 16.0 Å². The smallest absolute Gasteiger partial charge is 0.331 e. The van der Waals surface area contributed by atoms with Crippen LogP contribution in [0, 0.1) is 11.3 Å². The molecule has 7 nitrogen and oxygen atoms in total. The maximum absolute atomic E-state index is 11.5. The van der Waals surface area contributed by atoms with E-state index in [0.717, 1.165) is 0 Å². The summed E-state index contributed by atoms with van der Waals surface area (Å²) in [6.45, 7) is -0.766. The molecule has 0 aliphatic rings. The molecule has 0 radical (unpaired) electrons. The van der Waals surface area contributed by atoms with E-state index < -0.39 is 28.4 Å². The van der Waals surface area contributed by atoms with Crippen LogP contribution in [0.2, 0.25) is 0 Å². The van der Waals surface area contributed by atoms with Crippen molar-refractivity contribution in [3.05, 3.63) is 35.4 Å². The lowest BCUT2D eigenvalue weighted by molar-refractivity contribution is -0.143. The second kappa shape index (κ2) is 6.11. The Morgan fingerprint density at radius 2 is 2.22 bits per heavy atom. The van der Waals surface area contributed by atoms with Crippen LogP contribution >= 0.6 is 0 Å². The van der Waals surface area contributed by atoms with Crippen molar-refractivity contribution in [3.63, 3.8) is 0 Å². The van der Waals surface area contributed by atoms with E-state index in [-0.39, 0.29) is 0 Å². The van der Waals surface area contributed by atoms with Crippen LogP contribution in [0.4, 0.5) is 0 Å². The monoisotopic (exact) mass is 270 g/mol. The number of carboxylic acid groups (broad SMARTS) is 1. The highest BCUT2D eigenvalue weighted by atomic mass is 32.2. The predicted octanol–water partition coefficient (Wildman–Crippen LogP) is -0.00612. The minimum absolute atomic E-state index is 0.342. The van der Waals surface area contributed by atoms with E-state index in [1.54, 1.807) is 17.0 Å². The topological polar surface area (TPSA) is 116 Å². The minimum Gasteiger partial charge on any atom is -0.479 e. The van der Waals surface area contributed by atoms with Crippen molar-refractivity contribution in [1.82, 2.24) is 4.89 Å². The zero-order valence-corrected chi connectivity index (χ0v) is 9.98. The number of aliphatic carboxylic acids is 1. The Hall–Kier alpha value is -1.95. The van der Waals surface area contributed by atoms with Crippen LogP contribution < -0.4 is 4.89 Å². The maximum Gasteiger partial charge on any atom is 0.331 e. The number of rotatable bonds is 6. The second-order valence-electron chi connectivity index (χ2n) is 3.34. The number of benzene rings is 1. The van der Waals surface area contributed by atoms with Gasteiger partial charge in [-0.2, -0.15) is 5.26 Å². The summed E-state index contributed by atoms with van der Waals surface area (Å²) in [7, 11) is -3.80. The zero-order valence-electron chi connectivity index (χ0n) is 9.16. The number of nitrogens with one attached hydrogen (secondary N) is 1. The van der Waals surface area contributed by atoms with Crippen LogP contribution in [0.25, 0.3) is 0 Å². The fourth-order valence-electron chi connectivity index (χ4n) is 1.16. The molecule has 0 spiro atoms. The lowest BCUT2D eigenvalue weighted by Gasteiger charge is -2.05. The highest BCUT2D eigenvalue weighted by molar-refractivity contribution is 7.88. The Bertz CT molecular complexity index is 576. The molecule has 0 aromatic heterocycles. The number of hydrogen-bond donors (Lipinski definition) is 2. The average molecular weight is 270 g/mol. The molecule has 0 aliphatic heterocycles. The number of nitriles is 1. The SMILES string of the molecule is N#Cc1cccc(CS(=O)(=O)NOCC(=O)O)c1. The number of carboxylic acids is 1. The third-order valence-electron chi connectivity index (χ3n) is 1.79. The molecule has 96 valence electrons. The van der Waals surface area contributed by atoms with Gasteiger partial charge < -0.3 is 5.11 Å². The van der Waals surface area contributed by atoms with Gasteiger partial charge in [-0.05, 0) is 17.7 Å².